The third-order valence-electron chi connectivity index (χ3n) is 13.0. The van der Waals surface area contributed by atoms with Crippen LogP contribution >= 0.6 is 15.9 Å². The van der Waals surface area contributed by atoms with Crippen LogP contribution in [0.5, 0.6) is 0 Å². The van der Waals surface area contributed by atoms with Gasteiger partial charge in [0, 0.05) is 24.6 Å². The molecule has 5 rings (SSSR count). The molecule has 12 atom stereocenters. The summed E-state index contributed by atoms with van der Waals surface area (Å²) in [6.07, 6.45) is 13.8. The van der Waals surface area contributed by atoms with Crippen LogP contribution in [0.15, 0.2) is 11.6 Å². The largest absolute Gasteiger partial charge is 0.408 e. The number of methoxy groups -OCH3 is 2. The summed E-state index contributed by atoms with van der Waals surface area (Å²) in [5, 5.41) is 0. The van der Waals surface area contributed by atoms with Gasteiger partial charge in [0.15, 0.2) is 8.32 Å². The predicted molar refractivity (Wildman–Crippen MR) is 165 cm³/mol. The molecule has 0 aromatic carbocycles. The Labute approximate surface area is 249 Å². The molecular weight excluding hydrogens is 568 g/mol. The molecule has 5 saturated carbocycles. The van der Waals surface area contributed by atoms with E-state index < -0.39 is 8.32 Å². The molecule has 6 heteroatoms. The van der Waals surface area contributed by atoms with E-state index in [1.807, 2.05) is 7.11 Å². The Balaban J connectivity index is 1.41. The summed E-state index contributed by atoms with van der Waals surface area (Å²) in [6.45, 7) is 17.1. The van der Waals surface area contributed by atoms with Crippen LogP contribution in [0.25, 0.3) is 0 Å². The standard InChI is InChI=1S/C33H57BrO4Si/c1-21(2)16-28(38-39(8,9)19-34)30(37-20-35-6)22(3)25-10-11-26-24-17-29(36-7)33-18-23(33)12-15-32(33,5)27(24)13-14-31(25,26)4/h16,22-30H,10-15,17-20H2,1-9H3/t22-,23-,24-,25+,26-,27-,28+,29+,30+,31+,32+,33-/m0/s1. The van der Waals surface area contributed by atoms with Crippen molar-refractivity contribution in [3.8, 4) is 0 Å². The minimum Gasteiger partial charge on any atom is -0.408 e. The molecule has 5 fully saturated rings. The van der Waals surface area contributed by atoms with Gasteiger partial charge in [-0.3, -0.25) is 0 Å². The van der Waals surface area contributed by atoms with Crippen molar-refractivity contribution in [3.63, 3.8) is 0 Å². The highest BCUT2D eigenvalue weighted by Gasteiger charge is 2.77. The van der Waals surface area contributed by atoms with Crippen LogP contribution in [0, 0.1) is 51.8 Å². The summed E-state index contributed by atoms with van der Waals surface area (Å²) >= 11 is 3.74. The Morgan fingerprint density at radius 2 is 1.79 bits per heavy atom. The summed E-state index contributed by atoms with van der Waals surface area (Å²) < 4.78 is 25.3. The van der Waals surface area contributed by atoms with E-state index in [1.165, 1.54) is 56.9 Å². The quantitative estimate of drug-likeness (QED) is 0.100. The maximum absolute atomic E-state index is 6.92. The van der Waals surface area contributed by atoms with Crippen LogP contribution < -0.4 is 0 Å². The zero-order valence-electron chi connectivity index (χ0n) is 26.4. The average Bonchev–Trinajstić information content (AvgIpc) is 3.39. The number of hydrogen-bond donors (Lipinski definition) is 0. The smallest absolute Gasteiger partial charge is 0.198 e. The van der Waals surface area contributed by atoms with Crippen LogP contribution in [-0.4, -0.2) is 52.6 Å². The van der Waals surface area contributed by atoms with Crippen molar-refractivity contribution in [2.45, 2.75) is 117 Å². The number of hydrogen-bond acceptors (Lipinski definition) is 4. The van der Waals surface area contributed by atoms with E-state index in [0.717, 1.165) is 28.6 Å². The SMILES string of the molecule is COCO[C@H]([C@@H](C)[C@H]1CC[C@H]2[C@@H]3C[C@@H](OC)[C@]45C[C@@H]4CC[C@]5(C)[C@H]3CC[C@]12C)[C@@H](C=C(C)C)O[Si](C)(C)CBr. The Morgan fingerprint density at radius 1 is 1.05 bits per heavy atom. The summed E-state index contributed by atoms with van der Waals surface area (Å²) in [6, 6.07) is 0. The van der Waals surface area contributed by atoms with Gasteiger partial charge in [0.05, 0.1) is 18.3 Å². The molecule has 5 aliphatic carbocycles. The van der Waals surface area contributed by atoms with Crippen LogP contribution in [0.1, 0.15) is 86.0 Å². The summed E-state index contributed by atoms with van der Waals surface area (Å²) in [5.41, 5.74) is 2.64. The molecule has 0 bridgehead atoms. The molecule has 224 valence electrons. The maximum atomic E-state index is 6.92. The normalized spacial score (nSPS) is 45.0. The van der Waals surface area contributed by atoms with Gasteiger partial charge >= 0.3 is 0 Å². The van der Waals surface area contributed by atoms with E-state index in [0.29, 0.717) is 41.0 Å². The van der Waals surface area contributed by atoms with Crippen molar-refractivity contribution in [1.29, 1.82) is 0 Å². The van der Waals surface area contributed by atoms with Crippen molar-refractivity contribution in [1.82, 2.24) is 0 Å². The Bertz CT molecular complexity index is 921. The number of alkyl halides is 1. The topological polar surface area (TPSA) is 36.9 Å². The molecule has 39 heavy (non-hydrogen) atoms. The first-order valence-electron chi connectivity index (χ1n) is 15.9. The van der Waals surface area contributed by atoms with E-state index in [2.05, 4.69) is 69.7 Å². The highest BCUT2D eigenvalue weighted by atomic mass is 79.9. The van der Waals surface area contributed by atoms with Crippen LogP contribution in [0.3, 0.4) is 0 Å². The minimum absolute atomic E-state index is 0.00936. The lowest BCUT2D eigenvalue weighted by Crippen LogP contribution is -2.57. The molecule has 0 saturated heterocycles. The van der Waals surface area contributed by atoms with E-state index >= 15 is 0 Å². The van der Waals surface area contributed by atoms with Crippen LogP contribution in [0.2, 0.25) is 13.1 Å². The molecule has 0 radical (unpaired) electrons. The van der Waals surface area contributed by atoms with E-state index in [1.54, 1.807) is 7.11 Å². The molecule has 4 nitrogen and oxygen atoms in total. The Kier molecular flexibility index (Phi) is 8.73. The molecular formula is C33H57BrO4Si. The maximum Gasteiger partial charge on any atom is 0.198 e. The zero-order valence-corrected chi connectivity index (χ0v) is 28.9. The molecule has 0 N–H and O–H groups in total. The minimum atomic E-state index is -1.87. The summed E-state index contributed by atoms with van der Waals surface area (Å²) in [5.74, 6) is 4.47. The fraction of sp³-hybridized carbons (Fsp3) is 0.939. The van der Waals surface area contributed by atoms with Gasteiger partial charge in [-0.1, -0.05) is 48.4 Å². The van der Waals surface area contributed by atoms with Crippen molar-refractivity contribution in [2.24, 2.45) is 51.8 Å². The van der Waals surface area contributed by atoms with E-state index in [-0.39, 0.29) is 12.2 Å². The molecule has 0 aliphatic heterocycles. The number of halogens is 1. The van der Waals surface area contributed by atoms with Crippen molar-refractivity contribution >= 4 is 24.2 Å². The number of ether oxygens (including phenoxy) is 3. The highest BCUT2D eigenvalue weighted by Crippen LogP contribution is 2.82. The van der Waals surface area contributed by atoms with Crippen LogP contribution in [0.4, 0.5) is 0 Å². The number of fused-ring (bicyclic) bond motifs is 4. The zero-order chi connectivity index (χ0) is 28.4. The Morgan fingerprint density at radius 3 is 2.41 bits per heavy atom. The molecule has 0 aromatic heterocycles. The monoisotopic (exact) mass is 624 g/mol. The van der Waals surface area contributed by atoms with E-state index in [4.69, 9.17) is 18.6 Å². The van der Waals surface area contributed by atoms with Gasteiger partial charge in [0.25, 0.3) is 0 Å². The average molecular weight is 626 g/mol. The third-order valence-corrected chi connectivity index (χ3v) is 18.6. The fourth-order valence-electron chi connectivity index (χ4n) is 11.3. The van der Waals surface area contributed by atoms with Gasteiger partial charge in [0.2, 0.25) is 0 Å². The summed E-state index contributed by atoms with van der Waals surface area (Å²) in [7, 11) is 1.87. The highest BCUT2D eigenvalue weighted by molar-refractivity contribution is 9.09. The lowest BCUT2D eigenvalue weighted by atomic mass is 9.45. The molecule has 1 spiro atoms. The third kappa shape index (κ3) is 4.91. The van der Waals surface area contributed by atoms with Gasteiger partial charge in [0.1, 0.15) is 6.79 Å². The first-order chi connectivity index (χ1) is 18.4. The molecule has 0 unspecified atom stereocenters. The second-order valence-electron chi connectivity index (χ2n) is 15.6. The predicted octanol–water partition coefficient (Wildman–Crippen LogP) is 8.39. The molecule has 5 aliphatic rings. The first kappa shape index (κ1) is 30.7. The summed E-state index contributed by atoms with van der Waals surface area (Å²) in [4.78, 5) is 0.923. The lowest BCUT2D eigenvalue weighted by molar-refractivity contribution is -0.169. The van der Waals surface area contributed by atoms with Crippen molar-refractivity contribution in [3.05, 3.63) is 11.6 Å². The van der Waals surface area contributed by atoms with Gasteiger partial charge in [-0.15, -0.1) is 0 Å². The number of allylic oxidation sites excluding steroid dienone is 1. The fourth-order valence-corrected chi connectivity index (χ4v) is 12.7. The second kappa shape index (κ2) is 11.1. The van der Waals surface area contributed by atoms with Gasteiger partial charge < -0.3 is 18.6 Å². The Hall–Kier alpha value is 0.277. The molecule has 0 amide bonds. The van der Waals surface area contributed by atoms with Crippen molar-refractivity contribution in [2.75, 3.05) is 26.0 Å². The van der Waals surface area contributed by atoms with Gasteiger partial charge in [-0.2, -0.15) is 0 Å². The van der Waals surface area contributed by atoms with Gasteiger partial charge in [-0.05, 0) is 125 Å². The lowest BCUT2D eigenvalue weighted by Gasteiger charge is -2.61. The second-order valence-corrected chi connectivity index (χ2v) is 21.3. The molecule has 0 aromatic rings. The number of rotatable bonds is 11. The van der Waals surface area contributed by atoms with E-state index in [9.17, 15) is 0 Å². The first-order valence-corrected chi connectivity index (χ1v) is 20.1. The molecule has 0 heterocycles. The van der Waals surface area contributed by atoms with Crippen molar-refractivity contribution < 1.29 is 18.6 Å². The van der Waals surface area contributed by atoms with Crippen LogP contribution in [-0.2, 0) is 18.6 Å². The van der Waals surface area contributed by atoms with Gasteiger partial charge in [-0.25, -0.2) is 0 Å².